The van der Waals surface area contributed by atoms with Gasteiger partial charge in [-0.05, 0) is 31.4 Å². The molecule has 0 bridgehead atoms. The number of methoxy groups -OCH3 is 1. The van der Waals surface area contributed by atoms with E-state index >= 15 is 0 Å². The third-order valence-corrected chi connectivity index (χ3v) is 4.13. The van der Waals surface area contributed by atoms with Crippen LogP contribution in [-0.2, 0) is 16.0 Å². The van der Waals surface area contributed by atoms with Gasteiger partial charge < -0.3 is 14.8 Å². The lowest BCUT2D eigenvalue weighted by Crippen LogP contribution is -2.24. The molecule has 1 aromatic carbocycles. The molecule has 132 valence electrons. The third kappa shape index (κ3) is 4.24. The molecule has 2 aromatic rings. The van der Waals surface area contributed by atoms with Crippen molar-refractivity contribution < 1.29 is 19.1 Å². The number of amides is 1. The van der Waals surface area contributed by atoms with Gasteiger partial charge in [0.1, 0.15) is 0 Å². The van der Waals surface area contributed by atoms with Crippen LogP contribution in [0, 0.1) is 0 Å². The van der Waals surface area contributed by atoms with Crippen LogP contribution >= 0.6 is 0 Å². The smallest absolute Gasteiger partial charge is 0.338 e. The molecular formula is C18H21N3O4. The van der Waals surface area contributed by atoms with Crippen molar-refractivity contribution in [2.24, 2.45) is 0 Å². The summed E-state index contributed by atoms with van der Waals surface area (Å²) in [5, 5.41) is 7.03. The number of hydrogen-bond acceptors (Lipinski definition) is 5. The normalized spacial score (nSPS) is 17.1. The minimum atomic E-state index is -0.545. The van der Waals surface area contributed by atoms with Crippen LogP contribution in [0.15, 0.2) is 36.7 Å². The van der Waals surface area contributed by atoms with E-state index in [4.69, 9.17) is 9.47 Å². The Morgan fingerprint density at radius 1 is 1.32 bits per heavy atom. The highest BCUT2D eigenvalue weighted by Crippen LogP contribution is 2.16. The molecule has 0 aliphatic carbocycles. The van der Waals surface area contributed by atoms with Crippen molar-refractivity contribution in [3.8, 4) is 0 Å². The molecule has 7 nitrogen and oxygen atoms in total. The minimum Gasteiger partial charge on any atom is -0.465 e. The maximum Gasteiger partial charge on any atom is 0.338 e. The first kappa shape index (κ1) is 17.2. The van der Waals surface area contributed by atoms with E-state index in [0.29, 0.717) is 12.2 Å². The quantitative estimate of drug-likeness (QED) is 0.844. The van der Waals surface area contributed by atoms with Crippen LogP contribution < -0.4 is 5.32 Å². The van der Waals surface area contributed by atoms with E-state index < -0.39 is 5.97 Å². The van der Waals surface area contributed by atoms with E-state index in [1.807, 2.05) is 0 Å². The molecule has 0 radical (unpaired) electrons. The Labute approximate surface area is 145 Å². The van der Waals surface area contributed by atoms with Gasteiger partial charge in [0.05, 0.1) is 42.8 Å². The molecule has 25 heavy (non-hydrogen) atoms. The standard InChI is InChI=1S/C18H21N3O4/c1-24-18(23)16-8-3-2-7-15(16)17(22)20-13-10-19-21(11-13)12-14-6-4-5-9-25-14/h2-3,7-8,10-11,14H,4-6,9,12H2,1H3,(H,20,22). The van der Waals surface area contributed by atoms with Gasteiger partial charge >= 0.3 is 5.97 Å². The van der Waals surface area contributed by atoms with Crippen molar-refractivity contribution in [1.82, 2.24) is 9.78 Å². The number of anilines is 1. The van der Waals surface area contributed by atoms with Gasteiger partial charge in [0.25, 0.3) is 5.91 Å². The van der Waals surface area contributed by atoms with Crippen LogP contribution in [0.25, 0.3) is 0 Å². The van der Waals surface area contributed by atoms with Gasteiger partial charge in [0.2, 0.25) is 0 Å². The number of ether oxygens (including phenoxy) is 2. The summed E-state index contributed by atoms with van der Waals surface area (Å²) < 4.78 is 12.2. The Bertz CT molecular complexity index is 750. The first-order valence-electron chi connectivity index (χ1n) is 8.30. The highest BCUT2D eigenvalue weighted by atomic mass is 16.5. The highest BCUT2D eigenvalue weighted by Gasteiger charge is 2.18. The lowest BCUT2D eigenvalue weighted by atomic mass is 10.1. The topological polar surface area (TPSA) is 82.5 Å². The number of nitrogens with one attached hydrogen (secondary N) is 1. The first-order chi connectivity index (χ1) is 12.2. The van der Waals surface area contributed by atoms with Crippen LogP contribution in [0.2, 0.25) is 0 Å². The molecule has 3 rings (SSSR count). The van der Waals surface area contributed by atoms with Crippen LogP contribution in [0.5, 0.6) is 0 Å². The lowest BCUT2D eigenvalue weighted by molar-refractivity contribution is 0.00400. The second-order valence-corrected chi connectivity index (χ2v) is 5.93. The van der Waals surface area contributed by atoms with Crippen LogP contribution in [0.3, 0.4) is 0 Å². The third-order valence-electron chi connectivity index (χ3n) is 4.13. The number of hydrogen-bond donors (Lipinski definition) is 1. The average Bonchev–Trinajstić information content (AvgIpc) is 3.08. The van der Waals surface area contributed by atoms with Gasteiger partial charge in [-0.2, -0.15) is 5.10 Å². The molecule has 1 atom stereocenters. The summed E-state index contributed by atoms with van der Waals surface area (Å²) in [6, 6.07) is 6.53. The van der Waals surface area contributed by atoms with E-state index in [-0.39, 0.29) is 23.1 Å². The Morgan fingerprint density at radius 3 is 2.84 bits per heavy atom. The maximum atomic E-state index is 12.5. The number of aromatic nitrogens is 2. The second-order valence-electron chi connectivity index (χ2n) is 5.93. The van der Waals surface area contributed by atoms with Gasteiger partial charge in [-0.1, -0.05) is 12.1 Å². The lowest BCUT2D eigenvalue weighted by Gasteiger charge is -2.22. The molecule has 1 fully saturated rings. The van der Waals surface area contributed by atoms with Crippen molar-refractivity contribution in [2.75, 3.05) is 19.0 Å². The summed E-state index contributed by atoms with van der Waals surface area (Å²) >= 11 is 0. The zero-order chi connectivity index (χ0) is 17.6. The minimum absolute atomic E-state index is 0.164. The Hall–Kier alpha value is -2.67. The molecule has 0 spiro atoms. The molecule has 1 aliphatic rings. The zero-order valence-corrected chi connectivity index (χ0v) is 14.1. The molecule has 0 saturated carbocycles. The summed E-state index contributed by atoms with van der Waals surface area (Å²) in [7, 11) is 1.29. The zero-order valence-electron chi connectivity index (χ0n) is 14.1. The van der Waals surface area contributed by atoms with E-state index in [0.717, 1.165) is 19.4 Å². The van der Waals surface area contributed by atoms with Crippen molar-refractivity contribution in [3.63, 3.8) is 0 Å². The van der Waals surface area contributed by atoms with Crippen molar-refractivity contribution in [3.05, 3.63) is 47.8 Å². The molecule has 1 saturated heterocycles. The van der Waals surface area contributed by atoms with E-state index in [2.05, 4.69) is 10.4 Å². The fraction of sp³-hybridized carbons (Fsp3) is 0.389. The Balaban J connectivity index is 1.67. The van der Waals surface area contributed by atoms with Crippen molar-refractivity contribution in [1.29, 1.82) is 0 Å². The molecular weight excluding hydrogens is 322 g/mol. The van der Waals surface area contributed by atoms with Gasteiger partial charge in [0.15, 0.2) is 0 Å². The molecule has 1 unspecified atom stereocenters. The van der Waals surface area contributed by atoms with E-state index in [9.17, 15) is 9.59 Å². The number of esters is 1. The number of carbonyl (C=O) groups is 2. The molecule has 7 heteroatoms. The molecule has 2 heterocycles. The van der Waals surface area contributed by atoms with Crippen molar-refractivity contribution >= 4 is 17.6 Å². The predicted octanol–water partition coefficient (Wildman–Crippen LogP) is 2.49. The highest BCUT2D eigenvalue weighted by molar-refractivity contribution is 6.10. The maximum absolute atomic E-state index is 12.5. The summed E-state index contributed by atoms with van der Waals surface area (Å²) in [6.45, 7) is 1.45. The summed E-state index contributed by atoms with van der Waals surface area (Å²) in [5.74, 6) is -0.926. The fourth-order valence-corrected chi connectivity index (χ4v) is 2.86. The number of nitrogens with zero attached hydrogens (tertiary/aromatic N) is 2. The largest absolute Gasteiger partial charge is 0.465 e. The van der Waals surface area contributed by atoms with E-state index in [1.165, 1.54) is 13.5 Å². The van der Waals surface area contributed by atoms with Gasteiger partial charge in [-0.25, -0.2) is 4.79 Å². The van der Waals surface area contributed by atoms with Crippen molar-refractivity contribution in [2.45, 2.75) is 31.9 Å². The number of rotatable bonds is 5. The Morgan fingerprint density at radius 2 is 2.12 bits per heavy atom. The second kappa shape index (κ2) is 7.94. The molecule has 1 N–H and O–H groups in total. The Kier molecular flexibility index (Phi) is 5.45. The van der Waals surface area contributed by atoms with Crippen LogP contribution in [-0.4, -0.2) is 41.5 Å². The van der Waals surface area contributed by atoms with Gasteiger partial charge in [0, 0.05) is 12.8 Å². The molecule has 1 aromatic heterocycles. The number of carbonyl (C=O) groups excluding carboxylic acids is 2. The summed E-state index contributed by atoms with van der Waals surface area (Å²) in [5.41, 5.74) is 1.06. The predicted molar refractivity (Wildman–Crippen MR) is 91.6 cm³/mol. The van der Waals surface area contributed by atoms with Gasteiger partial charge in [-0.3, -0.25) is 9.48 Å². The monoisotopic (exact) mass is 343 g/mol. The summed E-state index contributed by atoms with van der Waals surface area (Å²) in [4.78, 5) is 24.3. The summed E-state index contributed by atoms with van der Waals surface area (Å²) in [6.07, 6.45) is 6.81. The fourth-order valence-electron chi connectivity index (χ4n) is 2.86. The molecule has 1 aliphatic heterocycles. The van der Waals surface area contributed by atoms with Crippen LogP contribution in [0.1, 0.15) is 40.0 Å². The SMILES string of the molecule is COC(=O)c1ccccc1C(=O)Nc1cnn(CC2CCCCO2)c1. The average molecular weight is 343 g/mol. The first-order valence-corrected chi connectivity index (χ1v) is 8.30. The van der Waals surface area contributed by atoms with Crippen LogP contribution in [0.4, 0.5) is 5.69 Å². The van der Waals surface area contributed by atoms with E-state index in [1.54, 1.807) is 41.3 Å². The molecule has 1 amide bonds. The number of benzene rings is 1. The van der Waals surface area contributed by atoms with Gasteiger partial charge in [-0.15, -0.1) is 0 Å².